The smallest absolute Gasteiger partial charge is 0.333 e. The summed E-state index contributed by atoms with van der Waals surface area (Å²) >= 11 is 1.50. The van der Waals surface area contributed by atoms with Gasteiger partial charge in [-0.1, -0.05) is 104 Å². The van der Waals surface area contributed by atoms with E-state index in [-0.39, 0.29) is 37.6 Å². The first-order valence-electron chi connectivity index (χ1n) is 16.4. The minimum absolute atomic E-state index is 0.00809. The van der Waals surface area contributed by atoms with Crippen LogP contribution in [0.3, 0.4) is 0 Å². The molecule has 0 aliphatic rings. The average Bonchev–Trinajstić information content (AvgIpc) is 3.15. The SMILES string of the molecule is C=C(C)C(=O)OC(COc1ccccc1)COc1cc(Sc2ccccc2)c(OCC(COc2ccccc2)OC(=O)C(=C)C)c2ccccc12. The van der Waals surface area contributed by atoms with Gasteiger partial charge in [-0.15, -0.1) is 0 Å². The van der Waals surface area contributed by atoms with E-state index in [1.807, 2.05) is 121 Å². The molecular formula is C42H40O8S. The Morgan fingerprint density at radius 1 is 0.569 bits per heavy atom. The lowest BCUT2D eigenvalue weighted by atomic mass is 10.1. The number of rotatable bonds is 18. The second kappa shape index (κ2) is 18.4. The number of benzene rings is 5. The first-order chi connectivity index (χ1) is 24.8. The van der Waals surface area contributed by atoms with Gasteiger partial charge in [-0.2, -0.15) is 0 Å². The van der Waals surface area contributed by atoms with Crippen LogP contribution in [0.25, 0.3) is 10.8 Å². The van der Waals surface area contributed by atoms with Crippen molar-refractivity contribution in [3.05, 3.63) is 146 Å². The highest BCUT2D eigenvalue weighted by atomic mass is 32.2. The third-order valence-electron chi connectivity index (χ3n) is 7.33. The van der Waals surface area contributed by atoms with Crippen LogP contribution >= 0.6 is 11.8 Å². The van der Waals surface area contributed by atoms with Gasteiger partial charge in [0, 0.05) is 26.8 Å². The van der Waals surface area contributed by atoms with Crippen LogP contribution in [0, 0.1) is 0 Å². The molecule has 0 saturated carbocycles. The van der Waals surface area contributed by atoms with Gasteiger partial charge in [0.2, 0.25) is 0 Å². The molecule has 5 aromatic rings. The molecule has 0 radical (unpaired) electrons. The molecule has 0 aliphatic heterocycles. The first kappa shape index (κ1) is 36.6. The van der Waals surface area contributed by atoms with Crippen molar-refractivity contribution in [3.8, 4) is 23.0 Å². The Bertz CT molecular complexity index is 1930. The Morgan fingerprint density at radius 2 is 1.00 bits per heavy atom. The summed E-state index contributed by atoms with van der Waals surface area (Å²) in [6.45, 7) is 10.8. The highest BCUT2D eigenvalue weighted by Gasteiger charge is 2.23. The highest BCUT2D eigenvalue weighted by molar-refractivity contribution is 7.99. The van der Waals surface area contributed by atoms with Gasteiger partial charge in [-0.05, 0) is 56.3 Å². The standard InChI is InChI=1S/C42H40O8S/c1-29(2)41(43)49-33(25-45-31-16-8-5-9-17-31)27-47-38-24-39(51-35-20-12-7-13-21-35)40(37-23-15-14-22-36(37)38)48-28-34(50-42(44)30(3)4)26-46-32-18-10-6-11-19-32/h5-24,33-34H,1,3,25-28H2,2,4H3. The summed E-state index contributed by atoms with van der Waals surface area (Å²) in [6.07, 6.45) is -1.48. The van der Waals surface area contributed by atoms with E-state index >= 15 is 0 Å². The molecule has 8 nitrogen and oxygen atoms in total. The number of carbonyl (C=O) groups excluding carboxylic acids is 2. The highest BCUT2D eigenvalue weighted by Crippen LogP contribution is 2.44. The minimum atomic E-state index is -0.743. The molecule has 51 heavy (non-hydrogen) atoms. The van der Waals surface area contributed by atoms with E-state index in [1.54, 1.807) is 13.8 Å². The van der Waals surface area contributed by atoms with Gasteiger partial charge in [-0.3, -0.25) is 0 Å². The van der Waals surface area contributed by atoms with Crippen molar-refractivity contribution in [2.45, 2.75) is 35.8 Å². The van der Waals surface area contributed by atoms with Crippen LogP contribution in [0.15, 0.2) is 155 Å². The van der Waals surface area contributed by atoms with Crippen molar-refractivity contribution >= 4 is 34.5 Å². The molecule has 9 heteroatoms. The van der Waals surface area contributed by atoms with Crippen LogP contribution in [-0.4, -0.2) is 50.6 Å². The van der Waals surface area contributed by atoms with Crippen molar-refractivity contribution in [2.75, 3.05) is 26.4 Å². The number of hydrogen-bond donors (Lipinski definition) is 0. The fraction of sp³-hybridized carbons (Fsp3) is 0.190. The van der Waals surface area contributed by atoms with E-state index in [4.69, 9.17) is 28.4 Å². The fourth-order valence-corrected chi connectivity index (χ4v) is 5.73. The maximum absolute atomic E-state index is 12.6. The van der Waals surface area contributed by atoms with Gasteiger partial charge in [-0.25, -0.2) is 9.59 Å². The average molecular weight is 705 g/mol. The van der Waals surface area contributed by atoms with Crippen molar-refractivity contribution in [1.29, 1.82) is 0 Å². The molecule has 0 fully saturated rings. The molecule has 262 valence electrons. The second-order valence-electron chi connectivity index (χ2n) is 11.6. The fourth-order valence-electron chi connectivity index (χ4n) is 4.76. The molecule has 0 heterocycles. The van der Waals surface area contributed by atoms with Crippen molar-refractivity contribution in [2.24, 2.45) is 0 Å². The van der Waals surface area contributed by atoms with Crippen molar-refractivity contribution in [1.82, 2.24) is 0 Å². The number of para-hydroxylation sites is 2. The predicted molar refractivity (Wildman–Crippen MR) is 199 cm³/mol. The molecule has 0 bridgehead atoms. The zero-order chi connectivity index (χ0) is 36.0. The van der Waals surface area contributed by atoms with E-state index in [0.717, 1.165) is 20.6 Å². The van der Waals surface area contributed by atoms with Crippen LogP contribution in [0.1, 0.15) is 13.8 Å². The molecule has 5 rings (SSSR count). The summed E-state index contributed by atoms with van der Waals surface area (Å²) in [4.78, 5) is 26.9. The van der Waals surface area contributed by atoms with Crippen LogP contribution < -0.4 is 18.9 Å². The van der Waals surface area contributed by atoms with Crippen LogP contribution in [0.4, 0.5) is 0 Å². The Balaban J connectivity index is 1.44. The number of esters is 2. The third-order valence-corrected chi connectivity index (χ3v) is 8.37. The normalized spacial score (nSPS) is 11.9. The Morgan fingerprint density at radius 3 is 1.51 bits per heavy atom. The summed E-state index contributed by atoms with van der Waals surface area (Å²) < 4.78 is 36.3. The van der Waals surface area contributed by atoms with Crippen molar-refractivity contribution < 1.29 is 38.0 Å². The number of carbonyl (C=O) groups is 2. The van der Waals surface area contributed by atoms with Crippen LogP contribution in [-0.2, 0) is 19.1 Å². The topological polar surface area (TPSA) is 89.5 Å². The Hall–Kier alpha value is -5.67. The molecular weight excluding hydrogens is 665 g/mol. The lowest BCUT2D eigenvalue weighted by Gasteiger charge is -2.23. The second-order valence-corrected chi connectivity index (χ2v) is 12.8. The lowest BCUT2D eigenvalue weighted by molar-refractivity contribution is -0.148. The minimum Gasteiger partial charge on any atom is -0.490 e. The number of fused-ring (bicyclic) bond motifs is 1. The molecule has 2 atom stereocenters. The van der Waals surface area contributed by atoms with E-state index in [2.05, 4.69) is 13.2 Å². The maximum Gasteiger partial charge on any atom is 0.333 e. The molecule has 0 N–H and O–H groups in total. The van der Waals surface area contributed by atoms with E-state index in [9.17, 15) is 9.59 Å². The van der Waals surface area contributed by atoms with E-state index in [1.165, 1.54) is 11.8 Å². The summed E-state index contributed by atoms with van der Waals surface area (Å²) in [5.74, 6) is 1.36. The number of hydrogen-bond acceptors (Lipinski definition) is 9. The number of ether oxygens (including phenoxy) is 6. The molecule has 0 amide bonds. The lowest BCUT2D eigenvalue weighted by Crippen LogP contribution is -2.31. The summed E-state index contributed by atoms with van der Waals surface area (Å²) in [6, 6.07) is 38.1. The van der Waals surface area contributed by atoms with Gasteiger partial charge >= 0.3 is 11.9 Å². The zero-order valence-corrected chi connectivity index (χ0v) is 29.4. The monoisotopic (exact) mass is 704 g/mol. The first-order valence-corrected chi connectivity index (χ1v) is 17.2. The molecule has 0 aliphatic carbocycles. The predicted octanol–water partition coefficient (Wildman–Crippen LogP) is 8.88. The zero-order valence-electron chi connectivity index (χ0n) is 28.6. The van der Waals surface area contributed by atoms with Crippen LogP contribution in [0.2, 0.25) is 0 Å². The molecule has 0 aromatic heterocycles. The van der Waals surface area contributed by atoms with E-state index < -0.39 is 24.1 Å². The van der Waals surface area contributed by atoms with E-state index in [0.29, 0.717) is 23.0 Å². The Kier molecular flexibility index (Phi) is 13.2. The van der Waals surface area contributed by atoms with Gasteiger partial charge in [0.05, 0.1) is 4.90 Å². The van der Waals surface area contributed by atoms with Crippen LogP contribution in [0.5, 0.6) is 23.0 Å². The maximum atomic E-state index is 12.6. The molecule has 0 spiro atoms. The quantitative estimate of drug-likeness (QED) is 0.0656. The summed E-state index contributed by atoms with van der Waals surface area (Å²) in [5.41, 5.74) is 0.544. The third kappa shape index (κ3) is 10.9. The Labute approximate surface area is 302 Å². The largest absolute Gasteiger partial charge is 0.490 e. The summed E-state index contributed by atoms with van der Waals surface area (Å²) in [7, 11) is 0. The van der Waals surface area contributed by atoms with Gasteiger partial charge in [0.15, 0.2) is 12.2 Å². The van der Waals surface area contributed by atoms with Gasteiger partial charge < -0.3 is 28.4 Å². The van der Waals surface area contributed by atoms with Gasteiger partial charge in [0.25, 0.3) is 0 Å². The molecule has 5 aromatic carbocycles. The molecule has 2 unspecified atom stereocenters. The molecule has 0 saturated heterocycles. The summed E-state index contributed by atoms with van der Waals surface area (Å²) in [5, 5.41) is 1.55. The van der Waals surface area contributed by atoms with Gasteiger partial charge in [0.1, 0.15) is 49.4 Å². The van der Waals surface area contributed by atoms with Crippen molar-refractivity contribution in [3.63, 3.8) is 0 Å².